The van der Waals surface area contributed by atoms with Gasteiger partial charge in [0.2, 0.25) is 5.28 Å². The van der Waals surface area contributed by atoms with E-state index in [2.05, 4.69) is 25.0 Å². The Morgan fingerprint density at radius 1 is 1.11 bits per heavy atom. The fraction of sp³-hybridized carbons (Fsp3) is 0.500. The highest BCUT2D eigenvalue weighted by atomic mass is 35.5. The van der Waals surface area contributed by atoms with Gasteiger partial charge in [0.05, 0.1) is 7.11 Å². The van der Waals surface area contributed by atoms with Gasteiger partial charge in [-0.3, -0.25) is 0 Å². The predicted molar refractivity (Wildman–Crippen MR) is 65.1 cm³/mol. The molecule has 0 atom stereocenters. The molecule has 2 aromatic rings. The second kappa shape index (κ2) is 5.26. The summed E-state index contributed by atoms with van der Waals surface area (Å²) >= 11 is 5.81. The number of aryl methyl sites for hydroxylation is 2. The second-order valence-corrected chi connectivity index (χ2v) is 3.79. The van der Waals surface area contributed by atoms with Crippen molar-refractivity contribution in [2.45, 2.75) is 26.7 Å². The van der Waals surface area contributed by atoms with Crippen molar-refractivity contribution in [3.8, 4) is 12.0 Å². The van der Waals surface area contributed by atoms with Gasteiger partial charge in [-0.1, -0.05) is 13.8 Å². The van der Waals surface area contributed by atoms with Crippen molar-refractivity contribution in [2.75, 3.05) is 7.11 Å². The van der Waals surface area contributed by atoms with Crippen molar-refractivity contribution in [3.63, 3.8) is 0 Å². The summed E-state index contributed by atoms with van der Waals surface area (Å²) in [5.41, 5.74) is 0. The van der Waals surface area contributed by atoms with Crippen LogP contribution in [0.5, 0.6) is 6.01 Å². The largest absolute Gasteiger partial charge is 0.467 e. The number of hydrogen-bond acceptors (Lipinski definition) is 6. The molecule has 0 bridgehead atoms. The molecule has 0 N–H and O–H groups in total. The first kappa shape index (κ1) is 12.7. The van der Waals surface area contributed by atoms with E-state index in [0.29, 0.717) is 5.95 Å². The van der Waals surface area contributed by atoms with E-state index in [1.807, 2.05) is 13.8 Å². The van der Waals surface area contributed by atoms with Gasteiger partial charge < -0.3 is 4.74 Å². The lowest BCUT2D eigenvalue weighted by Gasteiger charge is -2.04. The van der Waals surface area contributed by atoms with Gasteiger partial charge in [0.15, 0.2) is 5.82 Å². The molecule has 7 nitrogen and oxygen atoms in total. The minimum Gasteiger partial charge on any atom is -0.467 e. The molecule has 8 heteroatoms. The Kier molecular flexibility index (Phi) is 3.71. The highest BCUT2D eigenvalue weighted by molar-refractivity contribution is 6.28. The van der Waals surface area contributed by atoms with Gasteiger partial charge in [0.1, 0.15) is 5.82 Å². The van der Waals surface area contributed by atoms with E-state index in [4.69, 9.17) is 16.3 Å². The average Bonchev–Trinajstić information content (AvgIpc) is 2.81. The first-order chi connectivity index (χ1) is 8.67. The second-order valence-electron chi connectivity index (χ2n) is 3.45. The molecule has 0 radical (unpaired) electrons. The normalized spacial score (nSPS) is 10.7. The third kappa shape index (κ3) is 2.40. The fourth-order valence-corrected chi connectivity index (χ4v) is 1.59. The van der Waals surface area contributed by atoms with E-state index in [-0.39, 0.29) is 11.3 Å². The lowest BCUT2D eigenvalue weighted by Crippen LogP contribution is -2.09. The maximum absolute atomic E-state index is 5.81. The molecule has 2 rings (SSSR count). The van der Waals surface area contributed by atoms with Crippen molar-refractivity contribution >= 4 is 11.6 Å². The first-order valence-electron chi connectivity index (χ1n) is 5.58. The van der Waals surface area contributed by atoms with Crippen molar-refractivity contribution in [3.05, 3.63) is 16.9 Å². The number of nitrogens with zero attached hydrogens (tertiary/aromatic N) is 6. The van der Waals surface area contributed by atoms with Crippen molar-refractivity contribution in [1.82, 2.24) is 29.7 Å². The molecule has 2 aromatic heterocycles. The summed E-state index contributed by atoms with van der Waals surface area (Å²) in [5.74, 6) is 1.83. The Morgan fingerprint density at radius 2 is 1.89 bits per heavy atom. The van der Waals surface area contributed by atoms with Gasteiger partial charge in [0.25, 0.3) is 5.95 Å². The number of aromatic nitrogens is 6. The molecule has 0 fully saturated rings. The lowest BCUT2D eigenvalue weighted by atomic mass is 10.4. The minimum absolute atomic E-state index is 0.0625. The molecule has 0 unspecified atom stereocenters. The zero-order chi connectivity index (χ0) is 13.1. The van der Waals surface area contributed by atoms with Crippen LogP contribution < -0.4 is 4.74 Å². The first-order valence-corrected chi connectivity index (χ1v) is 5.96. The number of hydrogen-bond donors (Lipinski definition) is 0. The summed E-state index contributed by atoms with van der Waals surface area (Å²) < 4.78 is 6.52. The van der Waals surface area contributed by atoms with Crippen LogP contribution in [-0.2, 0) is 12.8 Å². The van der Waals surface area contributed by atoms with Gasteiger partial charge in [0, 0.05) is 12.8 Å². The SMILES string of the molecule is CCc1nc(CC)n(-c2nc(Cl)nc(OC)n2)n1. The molecule has 0 spiro atoms. The van der Waals surface area contributed by atoms with E-state index >= 15 is 0 Å². The van der Waals surface area contributed by atoms with E-state index in [9.17, 15) is 0 Å². The molecule has 0 amide bonds. The maximum Gasteiger partial charge on any atom is 0.322 e. The standard InChI is InChI=1S/C10H13ClN6O/c1-4-6-12-7(5-2)17(16-6)9-13-8(11)14-10(15-9)18-3/h4-5H2,1-3H3. The summed E-state index contributed by atoms with van der Waals surface area (Å²) in [5, 5.41) is 4.39. The molecular weight excluding hydrogens is 256 g/mol. The van der Waals surface area contributed by atoms with Crippen LogP contribution in [0.25, 0.3) is 5.95 Å². The maximum atomic E-state index is 5.81. The van der Waals surface area contributed by atoms with Gasteiger partial charge >= 0.3 is 6.01 Å². The molecule has 18 heavy (non-hydrogen) atoms. The molecule has 96 valence electrons. The van der Waals surface area contributed by atoms with Gasteiger partial charge in [-0.25, -0.2) is 4.98 Å². The Hall–Kier alpha value is -1.76. The molecule has 0 saturated carbocycles. The molecule has 0 aliphatic heterocycles. The Balaban J connectivity index is 2.53. The van der Waals surface area contributed by atoms with Gasteiger partial charge in [-0.05, 0) is 11.6 Å². The van der Waals surface area contributed by atoms with E-state index < -0.39 is 0 Å². The third-order valence-corrected chi connectivity index (χ3v) is 2.47. The highest BCUT2D eigenvalue weighted by Crippen LogP contribution is 2.12. The van der Waals surface area contributed by atoms with Crippen molar-refractivity contribution < 1.29 is 4.74 Å². The summed E-state index contributed by atoms with van der Waals surface area (Å²) in [7, 11) is 1.47. The zero-order valence-electron chi connectivity index (χ0n) is 10.4. The zero-order valence-corrected chi connectivity index (χ0v) is 11.1. The number of ether oxygens (including phenoxy) is 1. The smallest absolute Gasteiger partial charge is 0.322 e. The van der Waals surface area contributed by atoms with E-state index in [0.717, 1.165) is 24.5 Å². The number of halogens is 1. The van der Waals surface area contributed by atoms with Gasteiger partial charge in [-0.15, -0.1) is 5.10 Å². The van der Waals surface area contributed by atoms with Crippen molar-refractivity contribution in [2.24, 2.45) is 0 Å². The van der Waals surface area contributed by atoms with E-state index in [1.165, 1.54) is 7.11 Å². The van der Waals surface area contributed by atoms with Crippen LogP contribution >= 0.6 is 11.6 Å². The van der Waals surface area contributed by atoms with Crippen LogP contribution in [-0.4, -0.2) is 36.8 Å². The third-order valence-electron chi connectivity index (χ3n) is 2.30. The van der Waals surface area contributed by atoms with Crippen LogP contribution in [0.1, 0.15) is 25.5 Å². The van der Waals surface area contributed by atoms with Crippen LogP contribution in [0, 0.1) is 0 Å². The molecule has 0 saturated heterocycles. The fourth-order valence-electron chi connectivity index (χ4n) is 1.44. The topological polar surface area (TPSA) is 78.6 Å². The van der Waals surface area contributed by atoms with Crippen LogP contribution in [0.15, 0.2) is 0 Å². The predicted octanol–water partition coefficient (Wildman–Crippen LogP) is 1.24. The summed E-state index contributed by atoms with van der Waals surface area (Å²) in [6.45, 7) is 3.97. The molecular formula is C10H13ClN6O. The number of rotatable bonds is 4. The van der Waals surface area contributed by atoms with E-state index in [1.54, 1.807) is 4.68 Å². The van der Waals surface area contributed by atoms with Crippen LogP contribution in [0.4, 0.5) is 0 Å². The molecule has 0 aliphatic rings. The molecule has 0 aliphatic carbocycles. The van der Waals surface area contributed by atoms with Crippen LogP contribution in [0.2, 0.25) is 5.28 Å². The Bertz CT molecular complexity index is 555. The Labute approximate surface area is 109 Å². The average molecular weight is 269 g/mol. The molecule has 0 aromatic carbocycles. The van der Waals surface area contributed by atoms with Crippen LogP contribution in [0.3, 0.4) is 0 Å². The summed E-state index contributed by atoms with van der Waals surface area (Å²) in [6.07, 6.45) is 1.47. The quantitative estimate of drug-likeness (QED) is 0.830. The molecule has 2 heterocycles. The number of methoxy groups -OCH3 is 1. The Morgan fingerprint density at radius 3 is 2.50 bits per heavy atom. The van der Waals surface area contributed by atoms with Gasteiger partial charge in [-0.2, -0.15) is 19.6 Å². The minimum atomic E-state index is 0.0625. The monoisotopic (exact) mass is 268 g/mol. The summed E-state index contributed by atoms with van der Waals surface area (Å²) in [6, 6.07) is 0.153. The van der Waals surface area contributed by atoms with Crippen molar-refractivity contribution in [1.29, 1.82) is 0 Å². The lowest BCUT2D eigenvalue weighted by molar-refractivity contribution is 0.376. The summed E-state index contributed by atoms with van der Waals surface area (Å²) in [4.78, 5) is 16.3. The highest BCUT2D eigenvalue weighted by Gasteiger charge is 2.14.